The minimum atomic E-state index is -0.897. The first-order chi connectivity index (χ1) is 9.06. The first-order valence-corrected chi connectivity index (χ1v) is 6.16. The van der Waals surface area contributed by atoms with Gasteiger partial charge in [-0.15, -0.1) is 0 Å². The lowest BCUT2D eigenvalue weighted by atomic mass is 10.1. The van der Waals surface area contributed by atoms with E-state index >= 15 is 0 Å². The Balaban J connectivity index is 1.98. The molecule has 0 spiro atoms. The van der Waals surface area contributed by atoms with Crippen LogP contribution in [0.25, 0.3) is 0 Å². The Morgan fingerprint density at radius 3 is 2.58 bits per heavy atom. The van der Waals surface area contributed by atoms with Crippen molar-refractivity contribution in [2.45, 2.75) is 6.10 Å². The number of hydrogen-bond donors (Lipinski definition) is 2. The highest BCUT2D eigenvalue weighted by molar-refractivity contribution is 6.30. The maximum absolute atomic E-state index is 13.2. The molecule has 2 N–H and O–H groups in total. The molecule has 0 aliphatic heterocycles. The Hall–Kier alpha value is -1.43. The fraction of sp³-hybridized carbons (Fsp3) is 0.167. The predicted molar refractivity (Wildman–Crippen MR) is 71.9 cm³/mol. The van der Waals surface area contributed by atoms with Gasteiger partial charge in [0.25, 0.3) is 0 Å². The highest BCUT2D eigenvalue weighted by Crippen LogP contribution is 2.20. The van der Waals surface area contributed by atoms with Crippen LogP contribution in [0, 0.1) is 5.82 Å². The maximum atomic E-state index is 13.2. The van der Waals surface area contributed by atoms with E-state index in [0.29, 0.717) is 16.5 Å². The van der Waals surface area contributed by atoms with E-state index < -0.39 is 11.9 Å². The molecule has 0 aliphatic carbocycles. The fourth-order valence-corrected chi connectivity index (χ4v) is 1.64. The molecule has 1 aromatic carbocycles. The molecule has 2 aromatic rings. The first kappa shape index (κ1) is 14.0. The first-order valence-electron chi connectivity index (χ1n) is 5.40. The topological polar surface area (TPSA) is 58.0 Å². The lowest BCUT2D eigenvalue weighted by Crippen LogP contribution is -2.14. The number of aliphatic hydroxyl groups excluding tert-OH is 1. The van der Waals surface area contributed by atoms with Gasteiger partial charge in [-0.05, 0) is 17.7 Å². The van der Waals surface area contributed by atoms with Gasteiger partial charge in [0, 0.05) is 6.54 Å². The molecule has 0 saturated heterocycles. The van der Waals surface area contributed by atoms with Crippen molar-refractivity contribution in [3.63, 3.8) is 0 Å². The predicted octanol–water partition coefficient (Wildman–Crippen LogP) is 3.07. The zero-order valence-electron chi connectivity index (χ0n) is 9.65. The van der Waals surface area contributed by atoms with Crippen LogP contribution in [0.2, 0.25) is 10.0 Å². The third-order valence-corrected chi connectivity index (χ3v) is 2.90. The highest BCUT2D eigenvalue weighted by Gasteiger charge is 2.10. The molecule has 1 heterocycles. The summed E-state index contributed by atoms with van der Waals surface area (Å²) in [6, 6.07) is 4.14. The molecule has 7 heteroatoms. The summed E-state index contributed by atoms with van der Waals surface area (Å²) in [5, 5.41) is 13.2. The van der Waals surface area contributed by atoms with Gasteiger partial charge in [0.2, 0.25) is 5.95 Å². The Bertz CT molecular complexity index is 565. The van der Waals surface area contributed by atoms with Crippen molar-refractivity contribution < 1.29 is 9.50 Å². The number of halogens is 3. The summed E-state index contributed by atoms with van der Waals surface area (Å²) in [6.07, 6.45) is 1.97. The van der Waals surface area contributed by atoms with E-state index in [9.17, 15) is 9.50 Å². The van der Waals surface area contributed by atoms with Gasteiger partial charge in [0.1, 0.15) is 5.82 Å². The summed E-state index contributed by atoms with van der Waals surface area (Å²) in [5.41, 5.74) is 0.420. The van der Waals surface area contributed by atoms with Crippen molar-refractivity contribution in [2.75, 3.05) is 11.9 Å². The molecule has 0 amide bonds. The minimum absolute atomic E-state index is 0.0185. The number of aromatic nitrogens is 2. The zero-order chi connectivity index (χ0) is 13.8. The number of nitrogens with zero attached hydrogens (tertiary/aromatic N) is 2. The van der Waals surface area contributed by atoms with Gasteiger partial charge in [-0.25, -0.2) is 14.4 Å². The van der Waals surface area contributed by atoms with E-state index in [1.165, 1.54) is 24.5 Å². The van der Waals surface area contributed by atoms with Gasteiger partial charge in [-0.1, -0.05) is 29.3 Å². The van der Waals surface area contributed by atoms with E-state index in [1.54, 1.807) is 6.07 Å². The molecule has 19 heavy (non-hydrogen) atoms. The second-order valence-electron chi connectivity index (χ2n) is 3.80. The normalized spacial score (nSPS) is 12.2. The average Bonchev–Trinajstić information content (AvgIpc) is 2.41. The lowest BCUT2D eigenvalue weighted by Gasteiger charge is -2.12. The van der Waals surface area contributed by atoms with E-state index in [1.807, 2.05) is 0 Å². The van der Waals surface area contributed by atoms with Crippen LogP contribution in [-0.4, -0.2) is 21.6 Å². The number of nitrogens with one attached hydrogen (secondary N) is 1. The van der Waals surface area contributed by atoms with Crippen molar-refractivity contribution in [1.82, 2.24) is 9.97 Å². The molecular formula is C12H10Cl2FN3O. The van der Waals surface area contributed by atoms with Gasteiger partial charge in [0.15, 0.2) is 0 Å². The Morgan fingerprint density at radius 2 is 1.95 bits per heavy atom. The van der Waals surface area contributed by atoms with Gasteiger partial charge in [0.05, 0.1) is 28.5 Å². The van der Waals surface area contributed by atoms with Crippen molar-refractivity contribution in [3.8, 4) is 0 Å². The third-order valence-electron chi connectivity index (χ3n) is 2.40. The fourth-order valence-electron chi connectivity index (χ4n) is 1.43. The summed E-state index contributed by atoms with van der Waals surface area (Å²) in [5.74, 6) is -0.237. The van der Waals surface area contributed by atoms with Gasteiger partial charge < -0.3 is 10.4 Å². The van der Waals surface area contributed by atoms with Crippen LogP contribution in [0.1, 0.15) is 11.7 Å². The molecule has 0 fully saturated rings. The molecule has 0 bridgehead atoms. The van der Waals surface area contributed by atoms with Gasteiger partial charge >= 0.3 is 0 Å². The summed E-state index contributed by atoms with van der Waals surface area (Å²) >= 11 is 11.2. The summed E-state index contributed by atoms with van der Waals surface area (Å²) < 4.78 is 13.2. The second-order valence-corrected chi connectivity index (χ2v) is 4.64. The Morgan fingerprint density at radius 1 is 1.26 bits per heavy atom. The van der Waals surface area contributed by atoms with Crippen molar-refractivity contribution >= 4 is 29.2 Å². The highest BCUT2D eigenvalue weighted by atomic mass is 35.5. The second kappa shape index (κ2) is 6.14. The summed E-state index contributed by atoms with van der Waals surface area (Å²) in [6.45, 7) is 0.142. The number of aliphatic hydroxyl groups is 1. The minimum Gasteiger partial charge on any atom is -0.387 e. The Labute approximate surface area is 119 Å². The van der Waals surface area contributed by atoms with Gasteiger partial charge in [-0.2, -0.15) is 0 Å². The number of anilines is 1. The quantitative estimate of drug-likeness (QED) is 0.911. The Kier molecular flexibility index (Phi) is 4.52. The van der Waals surface area contributed by atoms with Crippen LogP contribution >= 0.6 is 23.2 Å². The van der Waals surface area contributed by atoms with Gasteiger partial charge in [-0.3, -0.25) is 0 Å². The number of hydrogen-bond acceptors (Lipinski definition) is 4. The van der Waals surface area contributed by atoms with Crippen LogP contribution in [0.15, 0.2) is 30.6 Å². The molecule has 0 radical (unpaired) electrons. The lowest BCUT2D eigenvalue weighted by molar-refractivity contribution is 0.191. The molecule has 1 atom stereocenters. The summed E-state index contributed by atoms with van der Waals surface area (Å²) in [7, 11) is 0. The van der Waals surface area contributed by atoms with Crippen LogP contribution in [0.4, 0.5) is 10.3 Å². The van der Waals surface area contributed by atoms with Crippen LogP contribution < -0.4 is 5.32 Å². The van der Waals surface area contributed by atoms with Crippen LogP contribution in [0.3, 0.4) is 0 Å². The smallest absolute Gasteiger partial charge is 0.222 e. The van der Waals surface area contributed by atoms with Crippen LogP contribution in [0.5, 0.6) is 0 Å². The molecule has 0 saturated carbocycles. The monoisotopic (exact) mass is 301 g/mol. The standard InChI is InChI=1S/C12H10Cl2FN3O/c13-8-4-16-12(17-5-8)18-6-11(19)7-1-2-9(14)10(15)3-7/h1-5,11,19H,6H2,(H,16,17,18). The molecule has 100 valence electrons. The molecule has 0 aliphatic rings. The average molecular weight is 302 g/mol. The SMILES string of the molecule is OC(CNc1ncc(Cl)cn1)c1ccc(Cl)c(F)c1. The molecule has 2 rings (SSSR count). The summed E-state index contributed by atoms with van der Waals surface area (Å²) in [4.78, 5) is 7.83. The van der Waals surface area contributed by atoms with Crippen molar-refractivity contribution in [3.05, 3.63) is 52.0 Å². The molecule has 4 nitrogen and oxygen atoms in total. The number of rotatable bonds is 4. The number of benzene rings is 1. The maximum Gasteiger partial charge on any atom is 0.222 e. The zero-order valence-corrected chi connectivity index (χ0v) is 11.2. The van der Waals surface area contributed by atoms with Crippen LogP contribution in [-0.2, 0) is 0 Å². The molecule has 1 aromatic heterocycles. The van der Waals surface area contributed by atoms with E-state index in [4.69, 9.17) is 23.2 Å². The largest absolute Gasteiger partial charge is 0.387 e. The van der Waals surface area contributed by atoms with Crippen molar-refractivity contribution in [1.29, 1.82) is 0 Å². The molecule has 1 unspecified atom stereocenters. The van der Waals surface area contributed by atoms with E-state index in [2.05, 4.69) is 15.3 Å². The van der Waals surface area contributed by atoms with Crippen molar-refractivity contribution in [2.24, 2.45) is 0 Å². The van der Waals surface area contributed by atoms with E-state index in [0.717, 1.165) is 0 Å². The third kappa shape index (κ3) is 3.76. The van der Waals surface area contributed by atoms with E-state index in [-0.39, 0.29) is 11.6 Å². The molecular weight excluding hydrogens is 292 g/mol.